The van der Waals surface area contributed by atoms with Crippen molar-refractivity contribution in [1.82, 2.24) is 0 Å². The number of allylic oxidation sites excluding steroid dienone is 1. The fourth-order valence-electron chi connectivity index (χ4n) is 0.926. The van der Waals surface area contributed by atoms with E-state index in [1.807, 2.05) is 6.92 Å². The summed E-state index contributed by atoms with van der Waals surface area (Å²) in [6, 6.07) is 0. The monoisotopic (exact) mass is 228 g/mol. The molecule has 0 N–H and O–H groups in total. The van der Waals surface area contributed by atoms with E-state index in [4.69, 9.17) is 9.62 Å². The van der Waals surface area contributed by atoms with Gasteiger partial charge in [0, 0.05) is 5.57 Å². The van der Waals surface area contributed by atoms with Crippen molar-refractivity contribution in [2.75, 3.05) is 13.2 Å². The van der Waals surface area contributed by atoms with Crippen LogP contribution in [0.2, 0.25) is 0 Å². The summed E-state index contributed by atoms with van der Waals surface area (Å²) in [7, 11) is 0. The third-order valence-corrected chi connectivity index (χ3v) is 1.71. The second kappa shape index (κ2) is 9.12. The van der Waals surface area contributed by atoms with Crippen LogP contribution in [0, 0.1) is 0 Å². The van der Waals surface area contributed by atoms with Crippen molar-refractivity contribution in [3.05, 3.63) is 24.3 Å². The maximum atomic E-state index is 11.3. The number of hydrogen-bond donors (Lipinski definition) is 0. The first-order valence-corrected chi connectivity index (χ1v) is 5.34. The van der Waals surface area contributed by atoms with Crippen molar-refractivity contribution >= 4 is 5.97 Å². The largest absolute Gasteiger partial charge is 0.375 e. The first kappa shape index (κ1) is 14.9. The molecule has 0 saturated heterocycles. The van der Waals surface area contributed by atoms with Gasteiger partial charge in [-0.2, -0.15) is 4.89 Å². The van der Waals surface area contributed by atoms with Gasteiger partial charge in [0.2, 0.25) is 0 Å². The van der Waals surface area contributed by atoms with Crippen LogP contribution in [0.5, 0.6) is 0 Å². The van der Waals surface area contributed by atoms with Crippen molar-refractivity contribution in [2.45, 2.75) is 33.3 Å². The molecule has 0 aliphatic carbocycles. The third kappa shape index (κ3) is 7.20. The highest BCUT2D eigenvalue weighted by Gasteiger charge is 2.10. The molecule has 92 valence electrons. The van der Waals surface area contributed by atoms with Gasteiger partial charge in [-0.15, -0.1) is 6.58 Å². The maximum absolute atomic E-state index is 11.3. The molecule has 0 radical (unpaired) electrons. The average Bonchev–Trinajstić information content (AvgIpc) is 2.26. The van der Waals surface area contributed by atoms with Gasteiger partial charge in [-0.1, -0.05) is 19.1 Å². The van der Waals surface area contributed by atoms with Gasteiger partial charge in [0.05, 0.1) is 13.2 Å². The Kier molecular flexibility index (Phi) is 8.48. The van der Waals surface area contributed by atoms with Crippen LogP contribution in [0.25, 0.3) is 0 Å². The fourth-order valence-corrected chi connectivity index (χ4v) is 0.926. The molecule has 16 heavy (non-hydrogen) atoms. The molecule has 0 aliphatic rings. The quantitative estimate of drug-likeness (QED) is 0.210. The van der Waals surface area contributed by atoms with Gasteiger partial charge in [0.15, 0.2) is 0 Å². The van der Waals surface area contributed by atoms with Crippen LogP contribution in [0.1, 0.15) is 27.2 Å². The molecule has 0 aliphatic heterocycles. The van der Waals surface area contributed by atoms with E-state index >= 15 is 0 Å². The van der Waals surface area contributed by atoms with E-state index in [9.17, 15) is 4.79 Å². The molecule has 0 spiro atoms. The third-order valence-electron chi connectivity index (χ3n) is 1.71. The normalized spacial score (nSPS) is 13.3. The first-order valence-electron chi connectivity index (χ1n) is 5.34. The van der Waals surface area contributed by atoms with Crippen molar-refractivity contribution < 1.29 is 19.3 Å². The fraction of sp³-hybridized carbons (Fsp3) is 0.583. The summed E-state index contributed by atoms with van der Waals surface area (Å²) < 4.78 is 5.14. The first-order chi connectivity index (χ1) is 7.61. The zero-order chi connectivity index (χ0) is 12.4. The Morgan fingerprint density at radius 3 is 2.75 bits per heavy atom. The van der Waals surface area contributed by atoms with Gasteiger partial charge in [0.1, 0.15) is 6.10 Å². The van der Waals surface area contributed by atoms with Crippen LogP contribution in [-0.4, -0.2) is 25.3 Å². The lowest BCUT2D eigenvalue weighted by atomic mass is 10.2. The molecule has 0 fully saturated rings. The lowest BCUT2D eigenvalue weighted by molar-refractivity contribution is -0.296. The van der Waals surface area contributed by atoms with E-state index in [2.05, 4.69) is 11.5 Å². The van der Waals surface area contributed by atoms with Crippen molar-refractivity contribution in [3.8, 4) is 0 Å². The van der Waals surface area contributed by atoms with Crippen molar-refractivity contribution in [2.24, 2.45) is 0 Å². The molecule has 4 heteroatoms. The summed E-state index contributed by atoms with van der Waals surface area (Å²) in [4.78, 5) is 20.8. The van der Waals surface area contributed by atoms with Crippen molar-refractivity contribution in [3.63, 3.8) is 0 Å². The van der Waals surface area contributed by atoms with Gasteiger partial charge < -0.3 is 4.74 Å². The summed E-state index contributed by atoms with van der Waals surface area (Å²) in [6.45, 7) is 9.72. The van der Waals surface area contributed by atoms with Gasteiger partial charge >= 0.3 is 5.97 Å². The van der Waals surface area contributed by atoms with E-state index in [0.717, 1.165) is 6.42 Å². The number of rotatable bonds is 8. The molecule has 0 saturated carbocycles. The second-order valence-corrected chi connectivity index (χ2v) is 3.40. The molecule has 4 nitrogen and oxygen atoms in total. The van der Waals surface area contributed by atoms with Crippen LogP contribution in [0.3, 0.4) is 0 Å². The van der Waals surface area contributed by atoms with E-state index < -0.39 is 5.97 Å². The lowest BCUT2D eigenvalue weighted by Gasteiger charge is -2.10. The Morgan fingerprint density at radius 1 is 1.50 bits per heavy atom. The number of carbonyl (C=O) groups excluding carboxylic acids is 1. The highest BCUT2D eigenvalue weighted by molar-refractivity contribution is 5.87. The summed E-state index contributed by atoms with van der Waals surface area (Å²) >= 11 is 0. The molecule has 0 rings (SSSR count). The SMILES string of the molecule is C=CCOCC(C)OOC(=O)C(C)=CCC. The molecule has 0 aromatic heterocycles. The Bertz CT molecular complexity index is 245. The van der Waals surface area contributed by atoms with Crippen LogP contribution < -0.4 is 0 Å². The molecule has 1 unspecified atom stereocenters. The second-order valence-electron chi connectivity index (χ2n) is 3.40. The highest BCUT2D eigenvalue weighted by Crippen LogP contribution is 2.01. The summed E-state index contributed by atoms with van der Waals surface area (Å²) in [5.74, 6) is -0.461. The van der Waals surface area contributed by atoms with Gasteiger partial charge in [-0.3, -0.25) is 4.89 Å². The van der Waals surface area contributed by atoms with Crippen LogP contribution in [0.4, 0.5) is 0 Å². The zero-order valence-corrected chi connectivity index (χ0v) is 10.2. The average molecular weight is 228 g/mol. The maximum Gasteiger partial charge on any atom is 0.368 e. The number of carbonyl (C=O) groups is 1. The molecule has 0 amide bonds. The molecular weight excluding hydrogens is 208 g/mol. The molecule has 0 bridgehead atoms. The predicted molar refractivity (Wildman–Crippen MR) is 61.7 cm³/mol. The Morgan fingerprint density at radius 2 is 2.19 bits per heavy atom. The minimum atomic E-state index is -0.461. The van der Waals surface area contributed by atoms with Crippen LogP contribution in [0.15, 0.2) is 24.3 Å². The molecule has 1 atom stereocenters. The molecule has 0 aromatic carbocycles. The molecule has 0 heterocycles. The van der Waals surface area contributed by atoms with Gasteiger partial charge in [-0.05, 0) is 20.3 Å². The number of ether oxygens (including phenoxy) is 1. The highest BCUT2D eigenvalue weighted by atomic mass is 17.2. The van der Waals surface area contributed by atoms with E-state index in [1.54, 1.807) is 26.0 Å². The van der Waals surface area contributed by atoms with Crippen LogP contribution >= 0.6 is 0 Å². The molecule has 0 aromatic rings. The Labute approximate surface area is 96.8 Å². The van der Waals surface area contributed by atoms with Crippen molar-refractivity contribution in [1.29, 1.82) is 0 Å². The smallest absolute Gasteiger partial charge is 0.368 e. The minimum absolute atomic E-state index is 0.293. The van der Waals surface area contributed by atoms with E-state index in [0.29, 0.717) is 18.8 Å². The summed E-state index contributed by atoms with van der Waals surface area (Å²) in [5, 5.41) is 0. The predicted octanol–water partition coefficient (Wildman–Crippen LogP) is 2.41. The summed E-state index contributed by atoms with van der Waals surface area (Å²) in [6.07, 6.45) is 3.93. The number of hydrogen-bond acceptors (Lipinski definition) is 4. The van der Waals surface area contributed by atoms with Gasteiger partial charge in [0.25, 0.3) is 0 Å². The van der Waals surface area contributed by atoms with Gasteiger partial charge in [-0.25, -0.2) is 4.79 Å². The standard InChI is InChI=1S/C12H20O4/c1-5-7-10(3)12(13)16-15-11(4)9-14-8-6-2/h6-7,11H,2,5,8-9H2,1,3-4H3. The topological polar surface area (TPSA) is 44.8 Å². The Hall–Kier alpha value is -1.13. The summed E-state index contributed by atoms with van der Waals surface area (Å²) in [5.41, 5.74) is 0.543. The zero-order valence-electron chi connectivity index (χ0n) is 10.2. The minimum Gasteiger partial charge on any atom is -0.375 e. The lowest BCUT2D eigenvalue weighted by Crippen LogP contribution is -2.19. The van der Waals surface area contributed by atoms with Crippen LogP contribution in [-0.2, 0) is 19.3 Å². The van der Waals surface area contributed by atoms with E-state index in [-0.39, 0.29) is 6.10 Å². The molecular formula is C12H20O4. The van der Waals surface area contributed by atoms with E-state index in [1.165, 1.54) is 0 Å². The Balaban J connectivity index is 3.74.